The fourth-order valence-corrected chi connectivity index (χ4v) is 3.61. The average Bonchev–Trinajstić information content (AvgIpc) is 3.25. The van der Waals surface area contributed by atoms with Crippen molar-refractivity contribution in [2.45, 2.75) is 45.7 Å². The van der Waals surface area contributed by atoms with Gasteiger partial charge in [-0.2, -0.15) is 0 Å². The molecule has 1 saturated heterocycles. The summed E-state index contributed by atoms with van der Waals surface area (Å²) in [6, 6.07) is 3.76. The lowest BCUT2D eigenvalue weighted by atomic mass is 10.0. The minimum absolute atomic E-state index is 0.0812. The van der Waals surface area contributed by atoms with Crippen LogP contribution in [0.1, 0.15) is 33.1 Å². The Morgan fingerprint density at radius 2 is 2.04 bits per heavy atom. The van der Waals surface area contributed by atoms with Crippen molar-refractivity contribution in [3.8, 4) is 17.0 Å². The van der Waals surface area contributed by atoms with Crippen molar-refractivity contribution >= 4 is 17.0 Å². The van der Waals surface area contributed by atoms with Crippen molar-refractivity contribution in [2.75, 3.05) is 25.0 Å². The molecule has 1 N–H and O–H groups in total. The summed E-state index contributed by atoms with van der Waals surface area (Å²) in [4.78, 5) is 13.3. The zero-order valence-electron chi connectivity index (χ0n) is 17.0. The maximum Gasteiger partial charge on any atom is 0.245 e. The summed E-state index contributed by atoms with van der Waals surface area (Å²) in [5.74, 6) is 1.25. The molecule has 1 aromatic carbocycles. The maximum absolute atomic E-state index is 10.3. The van der Waals surface area contributed by atoms with E-state index in [1.807, 2.05) is 0 Å². The molecule has 28 heavy (non-hydrogen) atoms. The molecule has 0 amide bonds. The topological polar surface area (TPSA) is 91.4 Å². The lowest BCUT2D eigenvalue weighted by molar-refractivity contribution is 0.127. The Morgan fingerprint density at radius 1 is 1.25 bits per heavy atom. The molecule has 2 aromatic heterocycles. The molecule has 3 aromatic rings. The summed E-state index contributed by atoms with van der Waals surface area (Å²) < 4.78 is 5.55. The third-order valence-corrected chi connectivity index (χ3v) is 5.49. The van der Waals surface area contributed by atoms with Gasteiger partial charge in [-0.1, -0.05) is 0 Å². The quantitative estimate of drug-likeness (QED) is 0.739. The third kappa shape index (κ3) is 3.40. The lowest BCUT2D eigenvalue weighted by Gasteiger charge is -2.36. The van der Waals surface area contributed by atoms with Crippen LogP contribution in [0.2, 0.25) is 0 Å². The summed E-state index contributed by atoms with van der Waals surface area (Å²) >= 11 is 0. The first-order valence-electron chi connectivity index (χ1n) is 9.50. The Labute approximate surface area is 164 Å². The van der Waals surface area contributed by atoms with Crippen molar-refractivity contribution in [2.24, 2.45) is 0 Å². The summed E-state index contributed by atoms with van der Waals surface area (Å²) in [6.45, 7) is 10.2. The van der Waals surface area contributed by atoms with Crippen LogP contribution in [0.5, 0.6) is 5.75 Å². The van der Waals surface area contributed by atoms with Crippen LogP contribution in [0.25, 0.3) is 22.4 Å². The van der Waals surface area contributed by atoms with Crippen LogP contribution in [0, 0.1) is 6.92 Å². The monoisotopic (exact) mass is 382 g/mol. The van der Waals surface area contributed by atoms with E-state index in [9.17, 15) is 5.11 Å². The van der Waals surface area contributed by atoms with Gasteiger partial charge in [-0.3, -0.25) is 4.90 Å². The van der Waals surface area contributed by atoms with Gasteiger partial charge in [0.15, 0.2) is 11.5 Å². The van der Waals surface area contributed by atoms with Gasteiger partial charge in [0.05, 0.1) is 6.20 Å². The maximum atomic E-state index is 10.3. The van der Waals surface area contributed by atoms with Crippen LogP contribution in [-0.4, -0.2) is 61.9 Å². The highest BCUT2D eigenvalue weighted by atomic mass is 16.3. The van der Waals surface area contributed by atoms with Gasteiger partial charge in [-0.25, -0.2) is 9.97 Å². The lowest BCUT2D eigenvalue weighted by Crippen LogP contribution is -2.46. The molecule has 1 aliphatic rings. The second kappa shape index (κ2) is 6.70. The Bertz CT molecular complexity index is 992. The van der Waals surface area contributed by atoms with Crippen molar-refractivity contribution in [3.05, 3.63) is 24.2 Å². The number of aryl methyl sites for hydroxylation is 1. The normalized spacial score (nSPS) is 17.8. The number of rotatable bonds is 3. The molecule has 3 heterocycles. The van der Waals surface area contributed by atoms with Crippen LogP contribution in [0.3, 0.4) is 0 Å². The standard InChI is InChI=1S/C20H26N6O2/c1-12-22-15-9-17(27)14(8-18(15)28-12)16-10-21-19(24-23-16)26-7-6-13(11-26)25(5)20(2,3)4/h8-10,13,27H,6-7,11H2,1-5H3/t13-/m0/s1. The molecule has 8 heteroatoms. The van der Waals surface area contributed by atoms with Crippen LogP contribution in [0.15, 0.2) is 22.7 Å². The van der Waals surface area contributed by atoms with Gasteiger partial charge in [0.2, 0.25) is 5.95 Å². The highest BCUT2D eigenvalue weighted by Gasteiger charge is 2.32. The number of nitrogens with zero attached hydrogens (tertiary/aromatic N) is 6. The molecule has 0 aliphatic carbocycles. The van der Waals surface area contributed by atoms with E-state index in [2.05, 4.69) is 57.8 Å². The minimum atomic E-state index is 0.0812. The molecule has 0 radical (unpaired) electrons. The molecule has 1 fully saturated rings. The van der Waals surface area contributed by atoms with Crippen LogP contribution >= 0.6 is 0 Å². The number of phenols is 1. The summed E-state index contributed by atoms with van der Waals surface area (Å²) in [6.07, 6.45) is 2.72. The van der Waals surface area contributed by atoms with Gasteiger partial charge in [-0.05, 0) is 40.3 Å². The molecule has 8 nitrogen and oxygen atoms in total. The third-order valence-electron chi connectivity index (χ3n) is 5.49. The van der Waals surface area contributed by atoms with Crippen LogP contribution in [-0.2, 0) is 0 Å². The average molecular weight is 382 g/mol. The number of hydrogen-bond donors (Lipinski definition) is 1. The largest absolute Gasteiger partial charge is 0.507 e. The van der Waals surface area contributed by atoms with E-state index in [1.165, 1.54) is 0 Å². The summed E-state index contributed by atoms with van der Waals surface area (Å²) in [5.41, 5.74) is 2.37. The van der Waals surface area contributed by atoms with E-state index in [1.54, 1.807) is 25.3 Å². The molecule has 1 aliphatic heterocycles. The van der Waals surface area contributed by atoms with E-state index in [4.69, 9.17) is 4.42 Å². The number of anilines is 1. The van der Waals surface area contributed by atoms with Crippen molar-refractivity contribution < 1.29 is 9.52 Å². The summed E-state index contributed by atoms with van der Waals surface area (Å²) in [7, 11) is 2.17. The molecular weight excluding hydrogens is 356 g/mol. The number of fused-ring (bicyclic) bond motifs is 1. The number of aromatic hydroxyl groups is 1. The van der Waals surface area contributed by atoms with Crippen molar-refractivity contribution in [1.82, 2.24) is 25.1 Å². The van der Waals surface area contributed by atoms with Gasteiger partial charge in [0, 0.05) is 43.2 Å². The highest BCUT2D eigenvalue weighted by molar-refractivity contribution is 5.83. The Morgan fingerprint density at radius 3 is 2.71 bits per heavy atom. The van der Waals surface area contributed by atoms with E-state index >= 15 is 0 Å². The predicted molar refractivity (Wildman–Crippen MR) is 107 cm³/mol. The second-order valence-corrected chi connectivity index (χ2v) is 8.38. The number of oxazole rings is 1. The highest BCUT2D eigenvalue weighted by Crippen LogP contribution is 2.32. The Hall–Kier alpha value is -2.74. The number of phenolic OH excluding ortho intramolecular Hbond substituents is 1. The minimum Gasteiger partial charge on any atom is -0.507 e. The van der Waals surface area contributed by atoms with Crippen LogP contribution < -0.4 is 4.90 Å². The van der Waals surface area contributed by atoms with E-state index < -0.39 is 0 Å². The van der Waals surface area contributed by atoms with E-state index in [-0.39, 0.29) is 11.3 Å². The molecule has 0 bridgehead atoms. The SMILES string of the molecule is Cc1nc2cc(O)c(-c3cnc(N4CC[C@H](N(C)C(C)(C)C)C4)nn3)cc2o1. The number of likely N-dealkylation sites (N-methyl/N-ethyl adjacent to an activating group) is 1. The first kappa shape index (κ1) is 18.6. The molecule has 4 rings (SSSR count). The molecule has 148 valence electrons. The van der Waals surface area contributed by atoms with Gasteiger partial charge in [0.1, 0.15) is 17.0 Å². The number of benzene rings is 1. The predicted octanol–water partition coefficient (Wildman–Crippen LogP) is 3.00. The molecule has 0 saturated carbocycles. The molecular formula is C20H26N6O2. The van der Waals surface area contributed by atoms with Gasteiger partial charge >= 0.3 is 0 Å². The first-order valence-corrected chi connectivity index (χ1v) is 9.50. The van der Waals surface area contributed by atoms with Crippen LogP contribution in [0.4, 0.5) is 5.95 Å². The van der Waals surface area contributed by atoms with Crippen molar-refractivity contribution in [3.63, 3.8) is 0 Å². The summed E-state index contributed by atoms with van der Waals surface area (Å²) in [5, 5.41) is 18.9. The fraction of sp³-hybridized carbons (Fsp3) is 0.500. The van der Waals surface area contributed by atoms with E-state index in [0.29, 0.717) is 40.2 Å². The van der Waals surface area contributed by atoms with Gasteiger partial charge < -0.3 is 14.4 Å². The number of hydrogen-bond acceptors (Lipinski definition) is 8. The zero-order valence-corrected chi connectivity index (χ0v) is 17.0. The smallest absolute Gasteiger partial charge is 0.245 e. The Balaban J connectivity index is 1.54. The van der Waals surface area contributed by atoms with E-state index in [0.717, 1.165) is 19.5 Å². The van der Waals surface area contributed by atoms with Crippen molar-refractivity contribution in [1.29, 1.82) is 0 Å². The molecule has 0 unspecified atom stereocenters. The second-order valence-electron chi connectivity index (χ2n) is 8.38. The fourth-order valence-electron chi connectivity index (χ4n) is 3.61. The van der Waals surface area contributed by atoms with Gasteiger partial charge in [0.25, 0.3) is 0 Å². The number of aromatic nitrogens is 4. The molecule has 0 spiro atoms. The molecule has 1 atom stereocenters. The first-order chi connectivity index (χ1) is 13.2. The van der Waals surface area contributed by atoms with Gasteiger partial charge in [-0.15, -0.1) is 10.2 Å². The zero-order chi connectivity index (χ0) is 20.1. The Kier molecular flexibility index (Phi) is 4.45.